The third-order valence-electron chi connectivity index (χ3n) is 3.84. The molecule has 1 aromatic carbocycles. The molecule has 116 valence electrons. The Bertz CT molecular complexity index is 587. The number of rotatable bonds is 5. The number of benzene rings is 1. The van der Waals surface area contributed by atoms with Gasteiger partial charge < -0.3 is 5.32 Å². The SMILES string of the molecule is O=C(NC[C@@H]1CSCCN1Cc1ccccc1)c1cn[nH]c1. The lowest BCUT2D eigenvalue weighted by molar-refractivity contribution is 0.0935. The van der Waals surface area contributed by atoms with Gasteiger partial charge >= 0.3 is 0 Å². The first kappa shape index (κ1) is 15.1. The Hall–Kier alpha value is -1.79. The van der Waals surface area contributed by atoms with Crippen molar-refractivity contribution in [2.45, 2.75) is 12.6 Å². The number of H-pyrrole nitrogens is 1. The van der Waals surface area contributed by atoms with Crippen molar-refractivity contribution in [1.29, 1.82) is 0 Å². The second-order valence-corrected chi connectivity index (χ2v) is 6.53. The lowest BCUT2D eigenvalue weighted by Gasteiger charge is -2.35. The Morgan fingerprint density at radius 2 is 2.27 bits per heavy atom. The quantitative estimate of drug-likeness (QED) is 0.882. The fourth-order valence-corrected chi connectivity index (χ4v) is 3.72. The number of nitrogens with one attached hydrogen (secondary N) is 2. The van der Waals surface area contributed by atoms with E-state index in [9.17, 15) is 4.79 Å². The molecular formula is C16H20N4OS. The molecule has 22 heavy (non-hydrogen) atoms. The molecular weight excluding hydrogens is 296 g/mol. The number of nitrogens with zero attached hydrogens (tertiary/aromatic N) is 2. The molecule has 3 rings (SSSR count). The largest absolute Gasteiger partial charge is 0.350 e. The van der Waals surface area contributed by atoms with Crippen molar-refractivity contribution in [2.24, 2.45) is 0 Å². The average Bonchev–Trinajstić information content (AvgIpc) is 3.09. The van der Waals surface area contributed by atoms with Crippen LogP contribution in [-0.4, -0.2) is 51.6 Å². The van der Waals surface area contributed by atoms with Crippen molar-refractivity contribution < 1.29 is 4.79 Å². The molecule has 2 aromatic rings. The fraction of sp³-hybridized carbons (Fsp3) is 0.375. The lowest BCUT2D eigenvalue weighted by atomic mass is 10.1. The molecule has 1 atom stereocenters. The van der Waals surface area contributed by atoms with Crippen LogP contribution in [0.5, 0.6) is 0 Å². The van der Waals surface area contributed by atoms with Crippen LogP contribution < -0.4 is 5.32 Å². The van der Waals surface area contributed by atoms with Crippen LogP contribution in [0, 0.1) is 0 Å². The van der Waals surface area contributed by atoms with E-state index in [1.54, 1.807) is 12.4 Å². The Morgan fingerprint density at radius 3 is 3.05 bits per heavy atom. The fourth-order valence-electron chi connectivity index (χ4n) is 2.59. The predicted octanol–water partition coefficient (Wildman–Crippen LogP) is 1.76. The van der Waals surface area contributed by atoms with Gasteiger partial charge in [0, 0.05) is 43.4 Å². The Balaban J connectivity index is 1.57. The van der Waals surface area contributed by atoms with E-state index in [0.717, 1.165) is 24.6 Å². The summed E-state index contributed by atoms with van der Waals surface area (Å²) in [6.07, 6.45) is 3.17. The zero-order chi connectivity index (χ0) is 15.2. The first-order valence-electron chi connectivity index (χ1n) is 7.45. The van der Waals surface area contributed by atoms with Crippen molar-refractivity contribution in [1.82, 2.24) is 20.4 Å². The molecule has 1 aliphatic heterocycles. The van der Waals surface area contributed by atoms with Gasteiger partial charge in [-0.2, -0.15) is 16.9 Å². The number of thioether (sulfide) groups is 1. The minimum absolute atomic E-state index is 0.0658. The van der Waals surface area contributed by atoms with E-state index in [4.69, 9.17) is 0 Å². The molecule has 2 N–H and O–H groups in total. The summed E-state index contributed by atoms with van der Waals surface area (Å²) in [4.78, 5) is 14.5. The van der Waals surface area contributed by atoms with Crippen molar-refractivity contribution >= 4 is 17.7 Å². The van der Waals surface area contributed by atoms with Crippen molar-refractivity contribution in [3.8, 4) is 0 Å². The number of hydrogen-bond acceptors (Lipinski definition) is 4. The number of aromatic nitrogens is 2. The first-order valence-corrected chi connectivity index (χ1v) is 8.61. The predicted molar refractivity (Wildman–Crippen MR) is 88.9 cm³/mol. The molecule has 0 aliphatic carbocycles. The maximum atomic E-state index is 12.0. The Kier molecular flexibility index (Phi) is 5.13. The third-order valence-corrected chi connectivity index (χ3v) is 4.93. The summed E-state index contributed by atoms with van der Waals surface area (Å²) in [5, 5.41) is 9.49. The van der Waals surface area contributed by atoms with E-state index in [0.29, 0.717) is 18.2 Å². The second-order valence-electron chi connectivity index (χ2n) is 5.38. The van der Waals surface area contributed by atoms with E-state index in [-0.39, 0.29) is 5.91 Å². The molecule has 1 saturated heterocycles. The zero-order valence-corrected chi connectivity index (χ0v) is 13.2. The average molecular weight is 316 g/mol. The number of amides is 1. The van der Waals surface area contributed by atoms with Gasteiger partial charge in [0.15, 0.2) is 0 Å². The molecule has 0 bridgehead atoms. The van der Waals surface area contributed by atoms with Gasteiger partial charge in [-0.3, -0.25) is 14.8 Å². The number of carbonyl (C=O) groups excluding carboxylic acids is 1. The van der Waals surface area contributed by atoms with Crippen LogP contribution in [0.1, 0.15) is 15.9 Å². The molecule has 6 heteroatoms. The van der Waals surface area contributed by atoms with Crippen LogP contribution >= 0.6 is 11.8 Å². The third kappa shape index (κ3) is 3.90. The molecule has 1 fully saturated rings. The van der Waals surface area contributed by atoms with Gasteiger partial charge in [-0.25, -0.2) is 0 Å². The molecule has 0 unspecified atom stereocenters. The molecule has 5 nitrogen and oxygen atoms in total. The highest BCUT2D eigenvalue weighted by atomic mass is 32.2. The van der Waals surface area contributed by atoms with E-state index in [1.807, 2.05) is 17.8 Å². The molecule has 0 saturated carbocycles. The Morgan fingerprint density at radius 1 is 1.41 bits per heavy atom. The highest BCUT2D eigenvalue weighted by Crippen LogP contribution is 2.18. The Labute approximate surface area is 134 Å². The second kappa shape index (κ2) is 7.47. The number of hydrogen-bond donors (Lipinski definition) is 2. The molecule has 1 aromatic heterocycles. The molecule has 1 aliphatic rings. The molecule has 0 radical (unpaired) electrons. The highest BCUT2D eigenvalue weighted by molar-refractivity contribution is 7.99. The summed E-state index contributed by atoms with van der Waals surface area (Å²) in [5.74, 6) is 2.14. The summed E-state index contributed by atoms with van der Waals surface area (Å²) < 4.78 is 0. The minimum Gasteiger partial charge on any atom is -0.350 e. The van der Waals surface area contributed by atoms with Crippen LogP contribution in [-0.2, 0) is 6.54 Å². The first-order chi connectivity index (χ1) is 10.8. The van der Waals surface area contributed by atoms with Gasteiger partial charge in [-0.15, -0.1) is 0 Å². The topological polar surface area (TPSA) is 61.0 Å². The van der Waals surface area contributed by atoms with Crippen LogP contribution in [0.2, 0.25) is 0 Å². The monoisotopic (exact) mass is 316 g/mol. The van der Waals surface area contributed by atoms with Crippen LogP contribution in [0.4, 0.5) is 0 Å². The van der Waals surface area contributed by atoms with Gasteiger partial charge in [0.1, 0.15) is 0 Å². The van der Waals surface area contributed by atoms with E-state index >= 15 is 0 Å². The number of carbonyl (C=O) groups is 1. The lowest BCUT2D eigenvalue weighted by Crippen LogP contribution is -2.48. The summed E-state index contributed by atoms with van der Waals surface area (Å²) in [6.45, 7) is 2.67. The maximum Gasteiger partial charge on any atom is 0.254 e. The summed E-state index contributed by atoms with van der Waals surface area (Å²) in [6, 6.07) is 10.9. The standard InChI is InChI=1S/C16H20N4OS/c21-16(14-8-18-19-9-14)17-10-15-12-22-7-6-20(15)11-13-4-2-1-3-5-13/h1-5,8-9,15H,6-7,10-12H2,(H,17,21)(H,18,19)/t15-/m1/s1. The summed E-state index contributed by atoms with van der Waals surface area (Å²) >= 11 is 1.95. The molecule has 2 heterocycles. The smallest absolute Gasteiger partial charge is 0.254 e. The normalized spacial score (nSPS) is 19.0. The van der Waals surface area contributed by atoms with Gasteiger partial charge in [0.05, 0.1) is 11.8 Å². The maximum absolute atomic E-state index is 12.0. The van der Waals surface area contributed by atoms with Gasteiger partial charge in [0.2, 0.25) is 0 Å². The van der Waals surface area contributed by atoms with E-state index in [2.05, 4.69) is 44.7 Å². The van der Waals surface area contributed by atoms with Crippen molar-refractivity contribution in [3.63, 3.8) is 0 Å². The van der Waals surface area contributed by atoms with E-state index in [1.165, 1.54) is 5.56 Å². The number of aromatic amines is 1. The van der Waals surface area contributed by atoms with Crippen LogP contribution in [0.3, 0.4) is 0 Å². The minimum atomic E-state index is -0.0658. The zero-order valence-electron chi connectivity index (χ0n) is 12.4. The summed E-state index contributed by atoms with van der Waals surface area (Å²) in [5.41, 5.74) is 1.90. The van der Waals surface area contributed by atoms with Crippen molar-refractivity contribution in [2.75, 3.05) is 24.6 Å². The van der Waals surface area contributed by atoms with Crippen LogP contribution in [0.15, 0.2) is 42.7 Å². The molecule has 0 spiro atoms. The van der Waals surface area contributed by atoms with Crippen molar-refractivity contribution in [3.05, 3.63) is 53.9 Å². The van der Waals surface area contributed by atoms with Gasteiger partial charge in [0.25, 0.3) is 5.91 Å². The van der Waals surface area contributed by atoms with Gasteiger partial charge in [-0.1, -0.05) is 30.3 Å². The van der Waals surface area contributed by atoms with Crippen LogP contribution in [0.25, 0.3) is 0 Å². The summed E-state index contributed by atoms with van der Waals surface area (Å²) in [7, 11) is 0. The van der Waals surface area contributed by atoms with Gasteiger partial charge in [-0.05, 0) is 5.56 Å². The molecule has 1 amide bonds. The highest BCUT2D eigenvalue weighted by Gasteiger charge is 2.23. The van der Waals surface area contributed by atoms with E-state index < -0.39 is 0 Å².